The maximum Gasteiger partial charge on any atom is 0.0702 e. The number of pyridine rings is 1. The maximum atomic E-state index is 4.70. The molecule has 0 unspecified atom stereocenters. The van der Waals surface area contributed by atoms with Gasteiger partial charge in [0.05, 0.1) is 5.69 Å². The van der Waals surface area contributed by atoms with Crippen molar-refractivity contribution in [1.29, 1.82) is 0 Å². The SMILES string of the molecule is c1ccc(-c2cc(-c3ccccc3)cc(-c3ccc4c(-c5cccc(-c6ccccn6)c5)c5ccccc5c(-c5cccc(-c6ccccc6)c5)c4c3)c2)cc1. The van der Waals surface area contributed by atoms with Crippen molar-refractivity contribution in [3.63, 3.8) is 0 Å². The van der Waals surface area contributed by atoms with Crippen LogP contribution in [0.15, 0.2) is 225 Å². The molecule has 0 radical (unpaired) electrons. The zero-order chi connectivity index (χ0) is 37.3. The fourth-order valence-corrected chi connectivity index (χ4v) is 8.22. The topological polar surface area (TPSA) is 12.9 Å². The normalized spacial score (nSPS) is 11.2. The van der Waals surface area contributed by atoms with Gasteiger partial charge in [-0.25, -0.2) is 0 Å². The summed E-state index contributed by atoms with van der Waals surface area (Å²) in [6.07, 6.45) is 1.86. The third-order valence-corrected chi connectivity index (χ3v) is 10.9. The van der Waals surface area contributed by atoms with Gasteiger partial charge in [0.15, 0.2) is 0 Å². The molecule has 10 aromatic rings. The van der Waals surface area contributed by atoms with Crippen molar-refractivity contribution in [2.24, 2.45) is 0 Å². The van der Waals surface area contributed by atoms with Gasteiger partial charge in [-0.05, 0) is 137 Å². The van der Waals surface area contributed by atoms with E-state index in [2.05, 4.69) is 212 Å². The second kappa shape index (κ2) is 14.5. The van der Waals surface area contributed by atoms with E-state index in [4.69, 9.17) is 4.98 Å². The molecule has 0 saturated heterocycles. The minimum atomic E-state index is 0.965. The van der Waals surface area contributed by atoms with Crippen molar-refractivity contribution >= 4 is 21.5 Å². The van der Waals surface area contributed by atoms with Crippen LogP contribution < -0.4 is 0 Å². The molecule has 0 atom stereocenters. The Morgan fingerprint density at radius 2 is 0.607 bits per heavy atom. The largest absolute Gasteiger partial charge is 0.256 e. The third kappa shape index (κ3) is 6.26. The molecule has 0 bridgehead atoms. The summed E-state index contributed by atoms with van der Waals surface area (Å²) in [6, 6.07) is 79.1. The van der Waals surface area contributed by atoms with E-state index in [1.807, 2.05) is 12.3 Å². The Hall–Kier alpha value is -7.35. The van der Waals surface area contributed by atoms with E-state index in [-0.39, 0.29) is 0 Å². The predicted molar refractivity (Wildman–Crippen MR) is 237 cm³/mol. The van der Waals surface area contributed by atoms with E-state index >= 15 is 0 Å². The van der Waals surface area contributed by atoms with Crippen LogP contribution in [0.5, 0.6) is 0 Å². The lowest BCUT2D eigenvalue weighted by molar-refractivity contribution is 1.33. The summed E-state index contributed by atoms with van der Waals surface area (Å²) in [4.78, 5) is 4.70. The Morgan fingerprint density at radius 1 is 0.214 bits per heavy atom. The van der Waals surface area contributed by atoms with Crippen LogP contribution in [0.4, 0.5) is 0 Å². The van der Waals surface area contributed by atoms with Crippen LogP contribution in [-0.2, 0) is 0 Å². The average Bonchev–Trinajstić information content (AvgIpc) is 3.29. The molecule has 1 aromatic heterocycles. The lowest BCUT2D eigenvalue weighted by Gasteiger charge is -2.20. The van der Waals surface area contributed by atoms with Crippen molar-refractivity contribution < 1.29 is 0 Å². The summed E-state index contributed by atoms with van der Waals surface area (Å²) in [5.74, 6) is 0. The van der Waals surface area contributed by atoms with Gasteiger partial charge in [0, 0.05) is 11.8 Å². The molecule has 0 fully saturated rings. The number of rotatable bonds is 7. The molecule has 262 valence electrons. The molecule has 0 aliphatic rings. The first-order valence-electron chi connectivity index (χ1n) is 19.2. The first kappa shape index (κ1) is 33.2. The summed E-state index contributed by atoms with van der Waals surface area (Å²) in [7, 11) is 0. The lowest BCUT2D eigenvalue weighted by atomic mass is 9.83. The van der Waals surface area contributed by atoms with Crippen LogP contribution in [-0.4, -0.2) is 4.98 Å². The van der Waals surface area contributed by atoms with Gasteiger partial charge < -0.3 is 0 Å². The first-order chi connectivity index (χ1) is 27.8. The highest BCUT2D eigenvalue weighted by atomic mass is 14.7. The van der Waals surface area contributed by atoms with Crippen molar-refractivity contribution in [2.75, 3.05) is 0 Å². The highest BCUT2D eigenvalue weighted by Crippen LogP contribution is 2.46. The van der Waals surface area contributed by atoms with Crippen molar-refractivity contribution in [3.8, 4) is 78.0 Å². The Balaban J connectivity index is 1.26. The van der Waals surface area contributed by atoms with Crippen LogP contribution in [0.1, 0.15) is 0 Å². The fourth-order valence-electron chi connectivity index (χ4n) is 8.22. The van der Waals surface area contributed by atoms with E-state index in [9.17, 15) is 0 Å². The number of fused-ring (bicyclic) bond motifs is 2. The molecule has 1 nitrogen and oxygen atoms in total. The molecule has 9 aromatic carbocycles. The van der Waals surface area contributed by atoms with Gasteiger partial charge in [0.2, 0.25) is 0 Å². The molecule has 10 rings (SSSR count). The first-order valence-corrected chi connectivity index (χ1v) is 19.2. The van der Waals surface area contributed by atoms with Crippen LogP contribution >= 0.6 is 0 Å². The number of benzene rings is 9. The molecule has 56 heavy (non-hydrogen) atoms. The molecule has 0 N–H and O–H groups in total. The van der Waals surface area contributed by atoms with Gasteiger partial charge in [-0.15, -0.1) is 0 Å². The van der Waals surface area contributed by atoms with Gasteiger partial charge in [-0.2, -0.15) is 0 Å². The molecule has 1 heterocycles. The standard InChI is InChI=1S/C55H37N/c1-4-16-38(17-5-1)41-22-14-24-44(32-41)55-50-27-11-10-26-49(50)54(45-25-15-23-43(33-45)53-28-12-13-31-56-53)51-30-29-42(37-52(51)55)48-35-46(39-18-6-2-7-19-39)34-47(36-48)40-20-8-3-9-21-40/h1-37H. The van der Waals surface area contributed by atoms with Gasteiger partial charge in [-0.1, -0.05) is 170 Å². The van der Waals surface area contributed by atoms with E-state index in [1.165, 1.54) is 88.3 Å². The second-order valence-electron chi connectivity index (χ2n) is 14.3. The Morgan fingerprint density at radius 3 is 1.18 bits per heavy atom. The fraction of sp³-hybridized carbons (Fsp3) is 0. The number of hydrogen-bond acceptors (Lipinski definition) is 1. The van der Waals surface area contributed by atoms with E-state index in [0.29, 0.717) is 0 Å². The quantitative estimate of drug-likeness (QED) is 0.150. The number of nitrogens with zero attached hydrogens (tertiary/aromatic N) is 1. The Labute approximate surface area is 327 Å². The van der Waals surface area contributed by atoms with E-state index in [0.717, 1.165) is 11.3 Å². The van der Waals surface area contributed by atoms with E-state index < -0.39 is 0 Å². The molecule has 0 amide bonds. The van der Waals surface area contributed by atoms with Gasteiger partial charge in [0.25, 0.3) is 0 Å². The molecule has 1 heteroatoms. The third-order valence-electron chi connectivity index (χ3n) is 10.9. The van der Waals surface area contributed by atoms with Gasteiger partial charge >= 0.3 is 0 Å². The summed E-state index contributed by atoms with van der Waals surface area (Å²) >= 11 is 0. The number of aromatic nitrogens is 1. The molecule has 0 spiro atoms. The second-order valence-corrected chi connectivity index (χ2v) is 14.3. The van der Waals surface area contributed by atoms with Gasteiger partial charge in [-0.3, -0.25) is 4.98 Å². The predicted octanol–water partition coefficient (Wildman–Crippen LogP) is 15.1. The van der Waals surface area contributed by atoms with Crippen molar-refractivity contribution in [3.05, 3.63) is 225 Å². The molecule has 0 saturated carbocycles. The highest BCUT2D eigenvalue weighted by Gasteiger charge is 2.19. The average molecular weight is 712 g/mol. The van der Waals surface area contributed by atoms with E-state index in [1.54, 1.807) is 0 Å². The lowest BCUT2D eigenvalue weighted by Crippen LogP contribution is -1.93. The smallest absolute Gasteiger partial charge is 0.0702 e. The Bertz CT molecular complexity index is 2930. The molecule has 0 aliphatic carbocycles. The van der Waals surface area contributed by atoms with Crippen molar-refractivity contribution in [1.82, 2.24) is 4.98 Å². The van der Waals surface area contributed by atoms with Crippen LogP contribution in [0.2, 0.25) is 0 Å². The summed E-state index contributed by atoms with van der Waals surface area (Å²) in [6.45, 7) is 0. The molecular weight excluding hydrogens is 675 g/mol. The van der Waals surface area contributed by atoms with Crippen LogP contribution in [0.3, 0.4) is 0 Å². The van der Waals surface area contributed by atoms with Crippen LogP contribution in [0, 0.1) is 0 Å². The zero-order valence-electron chi connectivity index (χ0n) is 30.8. The monoisotopic (exact) mass is 711 g/mol. The summed E-state index contributed by atoms with van der Waals surface area (Å²) in [5, 5.41) is 4.89. The van der Waals surface area contributed by atoms with Crippen molar-refractivity contribution in [2.45, 2.75) is 0 Å². The minimum Gasteiger partial charge on any atom is -0.256 e. The van der Waals surface area contributed by atoms with Gasteiger partial charge in [0.1, 0.15) is 0 Å². The highest BCUT2D eigenvalue weighted by molar-refractivity contribution is 6.22. The molecule has 0 aliphatic heterocycles. The number of hydrogen-bond donors (Lipinski definition) is 0. The maximum absolute atomic E-state index is 4.70. The minimum absolute atomic E-state index is 0.965. The molecular formula is C55H37N. The Kier molecular flexibility index (Phi) is 8.59. The summed E-state index contributed by atoms with van der Waals surface area (Å²) in [5.41, 5.74) is 16.5. The zero-order valence-corrected chi connectivity index (χ0v) is 30.8. The van der Waals surface area contributed by atoms with Crippen LogP contribution in [0.25, 0.3) is 99.6 Å². The summed E-state index contributed by atoms with van der Waals surface area (Å²) < 4.78 is 0.